The molecule has 1 aromatic heterocycles. The third-order valence-electron chi connectivity index (χ3n) is 6.28. The number of rotatable bonds is 9. The first-order valence-electron chi connectivity index (χ1n) is 12.4. The van der Waals surface area contributed by atoms with Crippen LogP contribution in [0.1, 0.15) is 42.9 Å². The summed E-state index contributed by atoms with van der Waals surface area (Å²) in [5.74, 6) is 1.80. The molecule has 0 atom stereocenters. The molecule has 4 rings (SSSR count). The highest BCUT2D eigenvalue weighted by molar-refractivity contribution is 6.04. The number of amides is 2. The average Bonchev–Trinajstić information content (AvgIpc) is 3.37. The number of carbonyl (C=O) groups excluding carboxylic acids is 2. The van der Waals surface area contributed by atoms with Gasteiger partial charge < -0.3 is 24.6 Å². The molecule has 1 aliphatic rings. The molecule has 0 spiro atoms. The van der Waals surface area contributed by atoms with E-state index in [4.69, 9.17) is 14.0 Å². The van der Waals surface area contributed by atoms with Gasteiger partial charge in [0, 0.05) is 17.5 Å². The van der Waals surface area contributed by atoms with Crippen molar-refractivity contribution in [1.82, 2.24) is 20.4 Å². The highest BCUT2D eigenvalue weighted by atomic mass is 16.5. The Kier molecular flexibility index (Phi) is 8.39. The van der Waals surface area contributed by atoms with Crippen molar-refractivity contribution in [3.05, 3.63) is 53.9 Å². The van der Waals surface area contributed by atoms with E-state index in [1.165, 1.54) is 0 Å². The zero-order valence-corrected chi connectivity index (χ0v) is 21.6. The number of methoxy groups -OCH3 is 2. The molecule has 196 valence electrons. The monoisotopic (exact) mass is 507 g/mol. The highest BCUT2D eigenvalue weighted by Gasteiger charge is 2.27. The minimum atomic E-state index is -0.201. The number of aromatic nitrogens is 2. The van der Waals surface area contributed by atoms with Crippen LogP contribution in [-0.2, 0) is 11.3 Å². The molecule has 2 amide bonds. The second kappa shape index (κ2) is 11.9. The van der Waals surface area contributed by atoms with Crippen molar-refractivity contribution in [2.45, 2.75) is 39.3 Å². The normalized spacial score (nSPS) is 14.4. The molecule has 1 fully saturated rings. The van der Waals surface area contributed by atoms with Gasteiger partial charge in [-0.15, -0.1) is 0 Å². The predicted molar refractivity (Wildman–Crippen MR) is 139 cm³/mol. The first-order chi connectivity index (χ1) is 17.9. The van der Waals surface area contributed by atoms with E-state index in [-0.39, 0.29) is 23.8 Å². The SMILES string of the molecule is COc1ccc(-c2noc(CN3CCC(C(=O)Nc4ccccc4C(=O)NC(C)C)CC3)n2)cc1OC. The fraction of sp³-hybridized carbons (Fsp3) is 0.407. The van der Waals surface area contributed by atoms with Gasteiger partial charge in [0.1, 0.15) is 0 Å². The molecule has 1 aliphatic heterocycles. The minimum Gasteiger partial charge on any atom is -0.493 e. The van der Waals surface area contributed by atoms with Crippen molar-refractivity contribution in [2.75, 3.05) is 32.6 Å². The number of para-hydroxylation sites is 1. The maximum Gasteiger partial charge on any atom is 0.253 e. The Balaban J connectivity index is 1.32. The second-order valence-electron chi connectivity index (χ2n) is 9.29. The van der Waals surface area contributed by atoms with E-state index < -0.39 is 0 Å². The Morgan fingerprint density at radius 2 is 1.81 bits per heavy atom. The van der Waals surface area contributed by atoms with Crippen LogP contribution in [0.5, 0.6) is 11.5 Å². The molecule has 37 heavy (non-hydrogen) atoms. The summed E-state index contributed by atoms with van der Waals surface area (Å²) in [5.41, 5.74) is 1.76. The van der Waals surface area contributed by atoms with Gasteiger partial charge in [0.15, 0.2) is 11.5 Å². The average molecular weight is 508 g/mol. The van der Waals surface area contributed by atoms with Gasteiger partial charge in [-0.05, 0) is 70.1 Å². The molecular formula is C27H33N5O5. The number of nitrogens with one attached hydrogen (secondary N) is 2. The van der Waals surface area contributed by atoms with E-state index in [1.54, 1.807) is 38.5 Å². The maximum atomic E-state index is 13.0. The summed E-state index contributed by atoms with van der Waals surface area (Å²) < 4.78 is 16.1. The van der Waals surface area contributed by atoms with Gasteiger partial charge in [-0.25, -0.2) is 0 Å². The first kappa shape index (κ1) is 26.2. The maximum absolute atomic E-state index is 13.0. The van der Waals surface area contributed by atoms with Gasteiger partial charge in [0.2, 0.25) is 17.6 Å². The molecule has 0 unspecified atom stereocenters. The fourth-order valence-electron chi connectivity index (χ4n) is 4.32. The van der Waals surface area contributed by atoms with Crippen molar-refractivity contribution in [2.24, 2.45) is 5.92 Å². The van der Waals surface area contributed by atoms with Crippen LogP contribution in [0.15, 0.2) is 47.0 Å². The van der Waals surface area contributed by atoms with Crippen molar-refractivity contribution in [3.8, 4) is 22.9 Å². The Bertz CT molecular complexity index is 1230. The van der Waals surface area contributed by atoms with Crippen LogP contribution in [0, 0.1) is 5.92 Å². The number of anilines is 1. The molecule has 2 heterocycles. The molecule has 1 saturated heterocycles. The van der Waals surface area contributed by atoms with E-state index in [2.05, 4.69) is 25.7 Å². The van der Waals surface area contributed by atoms with E-state index >= 15 is 0 Å². The summed E-state index contributed by atoms with van der Waals surface area (Å²) >= 11 is 0. The summed E-state index contributed by atoms with van der Waals surface area (Å²) in [6.45, 7) is 5.76. The van der Waals surface area contributed by atoms with Gasteiger partial charge in [-0.3, -0.25) is 14.5 Å². The molecule has 3 aromatic rings. The lowest BCUT2D eigenvalue weighted by Gasteiger charge is -2.30. The van der Waals surface area contributed by atoms with Crippen LogP contribution >= 0.6 is 0 Å². The number of likely N-dealkylation sites (tertiary alicyclic amines) is 1. The number of carbonyl (C=O) groups is 2. The fourth-order valence-corrected chi connectivity index (χ4v) is 4.32. The van der Waals surface area contributed by atoms with Crippen LogP contribution in [-0.4, -0.2) is 60.2 Å². The Morgan fingerprint density at radius 1 is 1.08 bits per heavy atom. The van der Waals surface area contributed by atoms with Crippen molar-refractivity contribution in [3.63, 3.8) is 0 Å². The summed E-state index contributed by atoms with van der Waals surface area (Å²) in [6.07, 6.45) is 1.39. The third-order valence-corrected chi connectivity index (χ3v) is 6.28. The zero-order chi connectivity index (χ0) is 26.4. The molecule has 10 heteroatoms. The van der Waals surface area contributed by atoms with Gasteiger partial charge >= 0.3 is 0 Å². The third kappa shape index (κ3) is 6.45. The minimum absolute atomic E-state index is 0.00884. The first-order valence-corrected chi connectivity index (χ1v) is 12.4. The van der Waals surface area contributed by atoms with Crippen LogP contribution < -0.4 is 20.1 Å². The second-order valence-corrected chi connectivity index (χ2v) is 9.29. The zero-order valence-electron chi connectivity index (χ0n) is 21.6. The summed E-state index contributed by atoms with van der Waals surface area (Å²) in [4.78, 5) is 32.2. The number of hydrogen-bond donors (Lipinski definition) is 2. The van der Waals surface area contributed by atoms with Crippen molar-refractivity contribution in [1.29, 1.82) is 0 Å². The molecule has 0 aliphatic carbocycles. The Morgan fingerprint density at radius 3 is 2.51 bits per heavy atom. The highest BCUT2D eigenvalue weighted by Crippen LogP contribution is 2.31. The van der Waals surface area contributed by atoms with Gasteiger partial charge in [0.05, 0.1) is 32.0 Å². The lowest BCUT2D eigenvalue weighted by atomic mass is 9.95. The van der Waals surface area contributed by atoms with Crippen molar-refractivity contribution >= 4 is 17.5 Å². The van der Waals surface area contributed by atoms with E-state index in [1.807, 2.05) is 32.0 Å². The summed E-state index contributed by atoms with van der Waals surface area (Å²) in [6, 6.07) is 12.5. The summed E-state index contributed by atoms with van der Waals surface area (Å²) in [5, 5.41) is 9.94. The quantitative estimate of drug-likeness (QED) is 0.450. The Hall–Kier alpha value is -3.92. The van der Waals surface area contributed by atoms with Crippen LogP contribution in [0.3, 0.4) is 0 Å². The summed E-state index contributed by atoms with van der Waals surface area (Å²) in [7, 11) is 3.16. The van der Waals surface area contributed by atoms with Gasteiger partial charge in [-0.1, -0.05) is 17.3 Å². The molecule has 2 N–H and O–H groups in total. The topological polar surface area (TPSA) is 119 Å². The van der Waals surface area contributed by atoms with Gasteiger partial charge in [-0.2, -0.15) is 4.98 Å². The number of nitrogens with zero attached hydrogens (tertiary/aromatic N) is 3. The number of ether oxygens (including phenoxy) is 2. The number of benzene rings is 2. The van der Waals surface area contributed by atoms with E-state index in [0.29, 0.717) is 53.9 Å². The molecule has 2 aromatic carbocycles. The molecule has 0 bridgehead atoms. The molecule has 0 radical (unpaired) electrons. The standard InChI is InChI=1S/C27H33N5O5/c1-17(2)28-27(34)20-7-5-6-8-21(20)29-26(33)18-11-13-32(14-12-18)16-24-30-25(31-37-24)19-9-10-22(35-3)23(15-19)36-4/h5-10,15,17-18H,11-14,16H2,1-4H3,(H,28,34)(H,29,33). The van der Waals surface area contributed by atoms with Gasteiger partial charge in [0.25, 0.3) is 5.91 Å². The van der Waals surface area contributed by atoms with Crippen molar-refractivity contribution < 1.29 is 23.6 Å². The lowest BCUT2D eigenvalue weighted by molar-refractivity contribution is -0.121. The molecule has 0 saturated carbocycles. The molecular weight excluding hydrogens is 474 g/mol. The predicted octanol–water partition coefficient (Wildman–Crippen LogP) is 3.74. The van der Waals surface area contributed by atoms with Crippen LogP contribution in [0.25, 0.3) is 11.4 Å². The molecule has 10 nitrogen and oxygen atoms in total. The largest absolute Gasteiger partial charge is 0.493 e. The van der Waals surface area contributed by atoms with Crippen LogP contribution in [0.4, 0.5) is 5.69 Å². The van der Waals surface area contributed by atoms with E-state index in [9.17, 15) is 9.59 Å². The van der Waals surface area contributed by atoms with E-state index in [0.717, 1.165) is 18.7 Å². The number of piperidine rings is 1. The Labute approximate surface area is 216 Å². The smallest absolute Gasteiger partial charge is 0.253 e. The number of hydrogen-bond acceptors (Lipinski definition) is 8. The van der Waals surface area contributed by atoms with Crippen LogP contribution in [0.2, 0.25) is 0 Å². The lowest BCUT2D eigenvalue weighted by Crippen LogP contribution is -2.38.